The van der Waals surface area contributed by atoms with Crippen LogP contribution in [0.1, 0.15) is 60.9 Å². The number of likely N-dealkylation sites (tertiary alicyclic amines) is 1. The van der Waals surface area contributed by atoms with Crippen LogP contribution in [-0.4, -0.2) is 91.0 Å². The molecule has 7 rings (SSSR count). The van der Waals surface area contributed by atoms with Crippen molar-refractivity contribution < 1.29 is 32.2 Å². The van der Waals surface area contributed by atoms with Gasteiger partial charge in [-0.25, -0.2) is 0 Å². The maximum Gasteiger partial charge on any atom is 0.422 e. The number of carbonyl (C=O) groups excluding carboxylic acids is 1. The highest BCUT2D eigenvalue weighted by atomic mass is 19.4. The van der Waals surface area contributed by atoms with E-state index < -0.39 is 18.8 Å². The zero-order valence-corrected chi connectivity index (χ0v) is 28.1. The third-order valence-electron chi connectivity index (χ3n) is 8.95. The lowest BCUT2D eigenvalue weighted by Crippen LogP contribution is -2.37. The molecule has 0 spiro atoms. The zero-order chi connectivity index (χ0) is 34.8. The van der Waals surface area contributed by atoms with Crippen LogP contribution in [0.5, 0.6) is 17.5 Å². The van der Waals surface area contributed by atoms with Crippen LogP contribution >= 0.6 is 0 Å². The van der Waals surface area contributed by atoms with E-state index in [9.17, 15) is 18.0 Å². The number of alkyl halides is 3. The Labute approximate surface area is 289 Å². The molecule has 1 saturated carbocycles. The third kappa shape index (κ3) is 10.8. The summed E-state index contributed by atoms with van der Waals surface area (Å²) >= 11 is 0. The van der Waals surface area contributed by atoms with Crippen molar-refractivity contribution in [2.24, 2.45) is 5.41 Å². The molecule has 0 unspecified atom stereocenters. The standard InChI is InChI=1S/C35H45F3N8O4/c36-35(37,38)24-50-33-44-31-40-21-25-6-9-27(10-7-25)48-19-5-15-39-14-1-4-18-49-29-20-26(42-32(43-31)45-33)8-11-28(29)30(47)41-22-34(12-13-34)23-46-16-2-3-17-46/h6-11,20,39H,1-5,12-19,21-24H2,(H,41,47)(H2,40,42,43,44,45). The molecule has 3 aromatic rings. The Kier molecular flexibility index (Phi) is 11.7. The average molecular weight is 699 g/mol. The number of fused-ring (bicyclic) bond motifs is 12. The van der Waals surface area contributed by atoms with Gasteiger partial charge in [-0.3, -0.25) is 4.79 Å². The molecule has 3 aliphatic heterocycles. The summed E-state index contributed by atoms with van der Waals surface area (Å²) in [6.45, 7) is 5.16. The van der Waals surface area contributed by atoms with Crippen LogP contribution in [0.3, 0.4) is 0 Å². The van der Waals surface area contributed by atoms with Crippen LogP contribution in [0.2, 0.25) is 0 Å². The molecule has 6 bridgehead atoms. The minimum atomic E-state index is -4.58. The minimum absolute atomic E-state index is 0.0151. The van der Waals surface area contributed by atoms with Crippen LogP contribution in [0.15, 0.2) is 42.5 Å². The molecule has 1 amide bonds. The summed E-state index contributed by atoms with van der Waals surface area (Å²) in [7, 11) is 0. The second-order valence-electron chi connectivity index (χ2n) is 13.2. The van der Waals surface area contributed by atoms with Gasteiger partial charge in [0.05, 0.1) is 18.8 Å². The Morgan fingerprint density at radius 2 is 1.68 bits per heavy atom. The molecule has 2 aromatic carbocycles. The number of nitrogens with zero attached hydrogens (tertiary/aromatic N) is 4. The first-order valence-electron chi connectivity index (χ1n) is 17.4. The van der Waals surface area contributed by atoms with Crippen molar-refractivity contribution in [1.29, 1.82) is 0 Å². The lowest BCUT2D eigenvalue weighted by Gasteiger charge is -2.23. The Hall–Kier alpha value is -4.37. The molecular formula is C35H45F3N8O4. The molecule has 1 aromatic heterocycles. The number of aromatic nitrogens is 3. The van der Waals surface area contributed by atoms with Gasteiger partial charge in [0, 0.05) is 36.8 Å². The number of benzene rings is 2. The van der Waals surface area contributed by atoms with E-state index in [4.69, 9.17) is 14.2 Å². The number of amides is 1. The number of ether oxygens (including phenoxy) is 3. The molecule has 12 nitrogen and oxygen atoms in total. The molecule has 4 N–H and O–H groups in total. The van der Waals surface area contributed by atoms with Gasteiger partial charge in [-0.05, 0) is 101 Å². The molecule has 4 aliphatic rings. The fourth-order valence-electron chi connectivity index (χ4n) is 6.02. The smallest absolute Gasteiger partial charge is 0.422 e. The molecule has 15 heteroatoms. The van der Waals surface area contributed by atoms with E-state index in [2.05, 4.69) is 41.1 Å². The van der Waals surface area contributed by atoms with Gasteiger partial charge in [-0.1, -0.05) is 12.1 Å². The van der Waals surface area contributed by atoms with Gasteiger partial charge in [-0.2, -0.15) is 28.1 Å². The van der Waals surface area contributed by atoms with Crippen molar-refractivity contribution in [2.75, 3.05) is 69.7 Å². The largest absolute Gasteiger partial charge is 0.494 e. The van der Waals surface area contributed by atoms with Crippen LogP contribution in [0.25, 0.3) is 0 Å². The van der Waals surface area contributed by atoms with E-state index in [1.807, 2.05) is 24.3 Å². The maximum atomic E-state index is 13.5. The highest BCUT2D eigenvalue weighted by Gasteiger charge is 2.44. The van der Waals surface area contributed by atoms with Crippen molar-refractivity contribution in [3.05, 3.63) is 53.6 Å². The Morgan fingerprint density at radius 1 is 0.920 bits per heavy atom. The van der Waals surface area contributed by atoms with Crippen LogP contribution in [0.4, 0.5) is 30.8 Å². The van der Waals surface area contributed by atoms with E-state index in [0.29, 0.717) is 36.8 Å². The summed E-state index contributed by atoms with van der Waals surface area (Å²) < 4.78 is 55.9. The summed E-state index contributed by atoms with van der Waals surface area (Å²) in [6, 6.07) is 12.0. The number of nitrogens with one attached hydrogen (secondary N) is 4. The fraction of sp³-hybridized carbons (Fsp3) is 0.543. The zero-order valence-electron chi connectivity index (χ0n) is 28.1. The predicted octanol–water partition coefficient (Wildman–Crippen LogP) is 5.31. The lowest BCUT2D eigenvalue weighted by atomic mass is 10.1. The first kappa shape index (κ1) is 35.5. The van der Waals surface area contributed by atoms with Crippen LogP contribution in [-0.2, 0) is 6.54 Å². The van der Waals surface area contributed by atoms with Gasteiger partial charge >= 0.3 is 12.2 Å². The number of halogens is 3. The van der Waals surface area contributed by atoms with Crippen molar-refractivity contribution in [3.8, 4) is 17.5 Å². The molecule has 0 radical (unpaired) electrons. The van der Waals surface area contributed by atoms with Gasteiger partial charge in [-0.15, -0.1) is 0 Å². The second-order valence-corrected chi connectivity index (χ2v) is 13.2. The Balaban J connectivity index is 1.21. The predicted molar refractivity (Wildman–Crippen MR) is 182 cm³/mol. The summed E-state index contributed by atoms with van der Waals surface area (Å²) in [4.78, 5) is 28.5. The monoisotopic (exact) mass is 698 g/mol. The summed E-state index contributed by atoms with van der Waals surface area (Å²) in [5.41, 5.74) is 1.87. The normalized spacial score (nSPS) is 18.5. The Morgan fingerprint density at radius 3 is 2.46 bits per heavy atom. The SMILES string of the molecule is O=C(NCC1(CN2CCCC2)CC1)c1ccc2cc1OCCCCNCCCOc1ccc(cc1)CNc1nc(nc(OCC(F)(F)F)n1)N2. The van der Waals surface area contributed by atoms with E-state index >= 15 is 0 Å². The topological polar surface area (TPSA) is 135 Å². The molecule has 50 heavy (non-hydrogen) atoms. The van der Waals surface area contributed by atoms with E-state index in [-0.39, 0.29) is 29.8 Å². The second kappa shape index (κ2) is 16.6. The number of rotatable bonds is 7. The van der Waals surface area contributed by atoms with Gasteiger partial charge in [0.1, 0.15) is 11.5 Å². The fourth-order valence-corrected chi connectivity index (χ4v) is 6.02. The van der Waals surface area contributed by atoms with E-state index in [0.717, 1.165) is 76.1 Å². The minimum Gasteiger partial charge on any atom is -0.494 e. The van der Waals surface area contributed by atoms with Crippen molar-refractivity contribution in [2.45, 2.75) is 57.7 Å². The lowest BCUT2D eigenvalue weighted by molar-refractivity contribution is -0.154. The summed E-state index contributed by atoms with van der Waals surface area (Å²) in [6.07, 6.45) is 2.56. The molecule has 2 fully saturated rings. The molecule has 4 heterocycles. The molecule has 1 aliphatic carbocycles. The number of carbonyl (C=O) groups is 1. The molecular weight excluding hydrogens is 653 g/mol. The highest BCUT2D eigenvalue weighted by Crippen LogP contribution is 2.46. The van der Waals surface area contributed by atoms with Crippen LogP contribution in [0, 0.1) is 5.41 Å². The van der Waals surface area contributed by atoms with E-state index in [1.54, 1.807) is 18.2 Å². The van der Waals surface area contributed by atoms with Crippen molar-refractivity contribution >= 4 is 23.5 Å². The first-order valence-corrected chi connectivity index (χ1v) is 17.4. The average Bonchev–Trinajstić information content (AvgIpc) is 3.67. The van der Waals surface area contributed by atoms with Crippen molar-refractivity contribution in [1.82, 2.24) is 30.5 Å². The van der Waals surface area contributed by atoms with Crippen LogP contribution < -0.4 is 35.5 Å². The Bertz CT molecular complexity index is 1570. The number of hydrogen-bond acceptors (Lipinski definition) is 11. The van der Waals surface area contributed by atoms with Gasteiger partial charge in [0.15, 0.2) is 6.61 Å². The molecule has 0 atom stereocenters. The van der Waals surface area contributed by atoms with Crippen molar-refractivity contribution in [3.63, 3.8) is 0 Å². The molecule has 1 saturated heterocycles. The highest BCUT2D eigenvalue weighted by molar-refractivity contribution is 5.97. The summed E-state index contributed by atoms with van der Waals surface area (Å²) in [5.74, 6) is 0.866. The van der Waals surface area contributed by atoms with Gasteiger partial charge in [0.25, 0.3) is 5.91 Å². The van der Waals surface area contributed by atoms with E-state index in [1.165, 1.54) is 12.8 Å². The third-order valence-corrected chi connectivity index (χ3v) is 8.95. The molecule has 270 valence electrons. The summed E-state index contributed by atoms with van der Waals surface area (Å²) in [5, 5.41) is 12.6. The van der Waals surface area contributed by atoms with Gasteiger partial charge in [0.2, 0.25) is 11.9 Å². The quantitative estimate of drug-likeness (QED) is 0.256. The number of anilines is 3. The number of hydrogen-bond donors (Lipinski definition) is 4. The first-order chi connectivity index (χ1) is 24.2. The maximum absolute atomic E-state index is 13.5. The van der Waals surface area contributed by atoms with Gasteiger partial charge < -0.3 is 40.4 Å².